The fourth-order valence-electron chi connectivity index (χ4n) is 5.26. The summed E-state index contributed by atoms with van der Waals surface area (Å²) in [5.74, 6) is 1.34. The normalized spacial score (nSPS) is 18.6. The van der Waals surface area contributed by atoms with E-state index >= 15 is 0 Å². The molecular weight excluding hydrogens is 376 g/mol. The second kappa shape index (κ2) is 10.1. The average molecular weight is 411 g/mol. The maximum Gasteiger partial charge on any atom is 0.193 e. The van der Waals surface area contributed by atoms with Crippen LogP contribution in [0.4, 0.5) is 0 Å². The van der Waals surface area contributed by atoms with Gasteiger partial charge in [0.1, 0.15) is 0 Å². The van der Waals surface area contributed by atoms with Crippen molar-refractivity contribution in [1.29, 1.82) is 0 Å². The highest BCUT2D eigenvalue weighted by atomic mass is 16.1. The summed E-state index contributed by atoms with van der Waals surface area (Å²) in [4.78, 5) is 13.6. The van der Waals surface area contributed by atoms with Gasteiger partial charge in [-0.25, -0.2) is 0 Å². The van der Waals surface area contributed by atoms with Gasteiger partial charge in [-0.05, 0) is 72.3 Å². The lowest BCUT2D eigenvalue weighted by atomic mass is 9.74. The van der Waals surface area contributed by atoms with Crippen molar-refractivity contribution < 1.29 is 4.79 Å². The van der Waals surface area contributed by atoms with Crippen LogP contribution in [0.5, 0.6) is 0 Å². The molecule has 4 rings (SSSR count). The van der Waals surface area contributed by atoms with Gasteiger partial charge in [0.15, 0.2) is 5.78 Å². The quantitative estimate of drug-likeness (QED) is 0.362. The first-order valence-electron chi connectivity index (χ1n) is 12.0. The summed E-state index contributed by atoms with van der Waals surface area (Å²) in [5.41, 5.74) is 6.92. The summed E-state index contributed by atoms with van der Waals surface area (Å²) in [5, 5.41) is 0. The molecule has 0 N–H and O–H groups in total. The first-order chi connectivity index (χ1) is 15.2. The van der Waals surface area contributed by atoms with E-state index in [9.17, 15) is 4.79 Å². The Morgan fingerprint density at radius 2 is 1.48 bits per heavy atom. The average Bonchev–Trinajstić information content (AvgIpc) is 2.84. The van der Waals surface area contributed by atoms with Crippen molar-refractivity contribution in [3.8, 4) is 0 Å². The molecule has 3 aromatic carbocycles. The zero-order valence-corrected chi connectivity index (χ0v) is 18.9. The Morgan fingerprint density at radius 1 is 0.774 bits per heavy atom. The van der Waals surface area contributed by atoms with Crippen LogP contribution in [-0.2, 0) is 12.8 Å². The van der Waals surface area contributed by atoms with Gasteiger partial charge in [0.05, 0.1) is 0 Å². The van der Waals surface area contributed by atoms with E-state index in [1.165, 1.54) is 42.4 Å². The topological polar surface area (TPSA) is 17.1 Å². The fourth-order valence-corrected chi connectivity index (χ4v) is 5.26. The second-order valence-corrected chi connectivity index (χ2v) is 8.98. The number of hydrogen-bond donors (Lipinski definition) is 0. The molecule has 0 amide bonds. The van der Waals surface area contributed by atoms with Gasteiger partial charge >= 0.3 is 0 Å². The lowest BCUT2D eigenvalue weighted by molar-refractivity contribution is 0.103. The molecule has 1 nitrogen and oxygen atoms in total. The largest absolute Gasteiger partial charge is 0.289 e. The van der Waals surface area contributed by atoms with E-state index < -0.39 is 0 Å². The third-order valence-corrected chi connectivity index (χ3v) is 6.96. The summed E-state index contributed by atoms with van der Waals surface area (Å²) >= 11 is 0. The van der Waals surface area contributed by atoms with Gasteiger partial charge < -0.3 is 0 Å². The van der Waals surface area contributed by atoms with Crippen molar-refractivity contribution in [3.63, 3.8) is 0 Å². The van der Waals surface area contributed by atoms with E-state index in [4.69, 9.17) is 0 Å². The molecule has 0 radical (unpaired) electrons. The summed E-state index contributed by atoms with van der Waals surface area (Å²) in [7, 11) is 0. The van der Waals surface area contributed by atoms with Gasteiger partial charge in [0.2, 0.25) is 0 Å². The Balaban J connectivity index is 1.66. The minimum atomic E-state index is 0.193. The second-order valence-electron chi connectivity index (χ2n) is 8.98. The van der Waals surface area contributed by atoms with Gasteiger partial charge in [-0.2, -0.15) is 0 Å². The Kier molecular flexibility index (Phi) is 7.02. The Labute approximate surface area is 187 Å². The van der Waals surface area contributed by atoms with E-state index in [0.29, 0.717) is 11.8 Å². The van der Waals surface area contributed by atoms with Gasteiger partial charge in [-0.15, -0.1) is 0 Å². The summed E-state index contributed by atoms with van der Waals surface area (Å²) < 4.78 is 0. The van der Waals surface area contributed by atoms with Crippen LogP contribution in [0.2, 0.25) is 0 Å². The first kappa shape index (κ1) is 21.6. The zero-order valence-electron chi connectivity index (χ0n) is 18.9. The van der Waals surface area contributed by atoms with E-state index in [1.807, 2.05) is 18.2 Å². The molecule has 1 fully saturated rings. The molecule has 0 saturated heterocycles. The number of aryl methyl sites for hydroxylation is 2. The van der Waals surface area contributed by atoms with E-state index in [-0.39, 0.29) is 5.78 Å². The van der Waals surface area contributed by atoms with Crippen molar-refractivity contribution in [1.82, 2.24) is 0 Å². The van der Waals surface area contributed by atoms with Crippen LogP contribution in [0.25, 0.3) is 0 Å². The van der Waals surface area contributed by atoms with Crippen LogP contribution in [0.1, 0.15) is 96.0 Å². The van der Waals surface area contributed by atoms with Gasteiger partial charge in [0.25, 0.3) is 0 Å². The van der Waals surface area contributed by atoms with Crippen LogP contribution in [0.3, 0.4) is 0 Å². The highest BCUT2D eigenvalue weighted by Crippen LogP contribution is 2.41. The Hall–Kier alpha value is -2.67. The third kappa shape index (κ3) is 4.82. The fraction of sp³-hybridized carbons (Fsp3) is 0.367. The van der Waals surface area contributed by atoms with Crippen LogP contribution >= 0.6 is 0 Å². The van der Waals surface area contributed by atoms with Gasteiger partial charge in [0, 0.05) is 11.1 Å². The van der Waals surface area contributed by atoms with Crippen LogP contribution in [0.15, 0.2) is 72.8 Å². The van der Waals surface area contributed by atoms with E-state index in [1.54, 1.807) is 0 Å². The number of carbonyl (C=O) groups is 1. The monoisotopic (exact) mass is 410 g/mol. The predicted octanol–water partition coefficient (Wildman–Crippen LogP) is 7.87. The molecule has 0 aliphatic heterocycles. The molecule has 0 spiro atoms. The van der Waals surface area contributed by atoms with Crippen molar-refractivity contribution in [2.24, 2.45) is 0 Å². The molecular formula is C30H34O. The van der Waals surface area contributed by atoms with Gasteiger partial charge in [-0.3, -0.25) is 4.79 Å². The molecule has 1 saturated carbocycles. The first-order valence-corrected chi connectivity index (χ1v) is 12.0. The minimum absolute atomic E-state index is 0.193. The number of hydrogen-bond acceptors (Lipinski definition) is 1. The van der Waals surface area contributed by atoms with E-state index in [2.05, 4.69) is 68.4 Å². The van der Waals surface area contributed by atoms with Crippen molar-refractivity contribution in [2.45, 2.75) is 70.6 Å². The molecule has 31 heavy (non-hydrogen) atoms. The number of benzene rings is 3. The predicted molar refractivity (Wildman–Crippen MR) is 130 cm³/mol. The zero-order chi connectivity index (χ0) is 21.6. The summed E-state index contributed by atoms with van der Waals surface area (Å²) in [6.45, 7) is 4.31. The van der Waals surface area contributed by atoms with Gasteiger partial charge in [-0.1, -0.05) is 93.4 Å². The lowest BCUT2D eigenvalue weighted by Gasteiger charge is -2.30. The number of rotatable bonds is 7. The van der Waals surface area contributed by atoms with Crippen LogP contribution in [0, 0.1) is 0 Å². The molecule has 1 aliphatic rings. The Morgan fingerprint density at radius 3 is 2.23 bits per heavy atom. The maximum absolute atomic E-state index is 13.6. The highest BCUT2D eigenvalue weighted by Gasteiger charge is 2.26. The molecule has 2 atom stereocenters. The molecule has 0 bridgehead atoms. The third-order valence-electron chi connectivity index (χ3n) is 6.96. The molecule has 0 aromatic heterocycles. The molecule has 0 heterocycles. The van der Waals surface area contributed by atoms with Crippen LogP contribution < -0.4 is 0 Å². The van der Waals surface area contributed by atoms with Crippen molar-refractivity contribution in [2.75, 3.05) is 0 Å². The molecule has 1 aliphatic carbocycles. The molecule has 1 heteroatoms. The minimum Gasteiger partial charge on any atom is -0.289 e. The standard InChI is InChI=1S/C30H34O/c1-3-11-24-18-19-27(21-29(24)30(31)28-17-9-8-12-22(28)4-2)26-16-10-15-25(20-26)23-13-6-5-7-14-23/h5-9,12-14,17-19,21,25-26H,3-4,10-11,15-16,20H2,1-2H3. The highest BCUT2D eigenvalue weighted by molar-refractivity contribution is 6.11. The molecule has 2 unspecified atom stereocenters. The summed E-state index contributed by atoms with van der Waals surface area (Å²) in [6, 6.07) is 25.8. The van der Waals surface area contributed by atoms with Crippen molar-refractivity contribution in [3.05, 3.63) is 106 Å². The maximum atomic E-state index is 13.6. The number of ketones is 1. The number of carbonyl (C=O) groups excluding carboxylic acids is 1. The Bertz CT molecular complexity index is 1020. The molecule has 160 valence electrons. The summed E-state index contributed by atoms with van der Waals surface area (Å²) in [6.07, 6.45) is 7.80. The lowest BCUT2D eigenvalue weighted by Crippen LogP contribution is -2.15. The SMILES string of the molecule is CCCc1ccc(C2CCCC(c3ccccc3)C2)cc1C(=O)c1ccccc1CC. The molecule has 3 aromatic rings. The van der Waals surface area contributed by atoms with E-state index in [0.717, 1.165) is 36.0 Å². The van der Waals surface area contributed by atoms with Crippen LogP contribution in [-0.4, -0.2) is 5.78 Å². The van der Waals surface area contributed by atoms with Crippen molar-refractivity contribution >= 4 is 5.78 Å². The smallest absolute Gasteiger partial charge is 0.193 e.